The first kappa shape index (κ1) is 18.9. The molecule has 2 aliphatic heterocycles. The first-order valence-electron chi connectivity index (χ1n) is 7.08. The summed E-state index contributed by atoms with van der Waals surface area (Å²) in [5, 5.41) is 76.5. The third-order valence-electron chi connectivity index (χ3n) is 3.98. The maximum atomic E-state index is 9.94. The van der Waals surface area contributed by atoms with Crippen LogP contribution in [0.3, 0.4) is 0 Å². The summed E-state index contributed by atoms with van der Waals surface area (Å²) in [6, 6.07) is 0. The van der Waals surface area contributed by atoms with E-state index in [1.54, 1.807) is 0 Å². The third-order valence-corrected chi connectivity index (χ3v) is 3.98. The third kappa shape index (κ3) is 3.65. The smallest absolute Gasteiger partial charge is 0.187 e. The normalized spacial score (nSPS) is 51.7. The lowest BCUT2D eigenvalue weighted by molar-refractivity contribution is -0.355. The average molecular weight is 342 g/mol. The van der Waals surface area contributed by atoms with Crippen molar-refractivity contribution in [1.82, 2.24) is 0 Å². The zero-order chi connectivity index (χ0) is 17.3. The van der Waals surface area contributed by atoms with E-state index in [4.69, 9.17) is 19.3 Å². The summed E-state index contributed by atoms with van der Waals surface area (Å²) < 4.78 is 15.3. The van der Waals surface area contributed by atoms with Crippen molar-refractivity contribution in [3.05, 3.63) is 0 Å². The molecule has 2 saturated heterocycles. The van der Waals surface area contributed by atoms with Crippen LogP contribution in [0.5, 0.6) is 0 Å². The Morgan fingerprint density at radius 3 is 1.83 bits per heavy atom. The Balaban J connectivity index is 2.11. The van der Waals surface area contributed by atoms with Crippen LogP contribution in [0.4, 0.5) is 0 Å². The topological polar surface area (TPSA) is 190 Å². The number of rotatable bonds is 4. The second-order valence-corrected chi connectivity index (χ2v) is 5.53. The molecular weight excluding hydrogens is 320 g/mol. The lowest BCUT2D eigenvalue weighted by atomic mass is 9.97. The van der Waals surface area contributed by atoms with Crippen molar-refractivity contribution in [2.45, 2.75) is 61.4 Å². The minimum atomic E-state index is -1.74. The van der Waals surface area contributed by atoms with Crippen molar-refractivity contribution in [1.29, 1.82) is 0 Å². The van der Waals surface area contributed by atoms with Gasteiger partial charge in [0.15, 0.2) is 12.6 Å². The van der Waals surface area contributed by atoms with Gasteiger partial charge in [-0.15, -0.1) is 0 Å². The Labute approximate surface area is 130 Å². The van der Waals surface area contributed by atoms with Crippen LogP contribution >= 0.6 is 0 Å². The zero-order valence-corrected chi connectivity index (χ0v) is 12.0. The zero-order valence-electron chi connectivity index (χ0n) is 12.0. The molecule has 2 heterocycles. The molecule has 3 unspecified atom stereocenters. The highest BCUT2D eigenvalue weighted by molar-refractivity contribution is 4.93. The molecule has 0 amide bonds. The molecular formula is C12H22O11. The largest absolute Gasteiger partial charge is 0.394 e. The fourth-order valence-corrected chi connectivity index (χ4v) is 2.57. The first-order valence-corrected chi connectivity index (χ1v) is 7.08. The van der Waals surface area contributed by atoms with Gasteiger partial charge >= 0.3 is 0 Å². The quantitative estimate of drug-likeness (QED) is 0.243. The van der Waals surface area contributed by atoms with Gasteiger partial charge in [0.25, 0.3) is 0 Å². The van der Waals surface area contributed by atoms with Gasteiger partial charge in [-0.2, -0.15) is 0 Å². The van der Waals surface area contributed by atoms with Crippen molar-refractivity contribution >= 4 is 0 Å². The average Bonchev–Trinajstić information content (AvgIpc) is 2.55. The maximum absolute atomic E-state index is 9.94. The SMILES string of the molecule is OC[C@H]1OC(O[C@H]2[C@H](O)C(O)[C@@H](O)O[C@@H]2CO)C(O)[C@@H](O)[C@@H]1O. The Morgan fingerprint density at radius 2 is 1.26 bits per heavy atom. The second kappa shape index (κ2) is 7.63. The van der Waals surface area contributed by atoms with Crippen molar-refractivity contribution in [2.24, 2.45) is 0 Å². The van der Waals surface area contributed by atoms with Crippen LogP contribution in [0.1, 0.15) is 0 Å². The molecule has 0 spiro atoms. The predicted molar refractivity (Wildman–Crippen MR) is 68.6 cm³/mol. The molecule has 8 N–H and O–H groups in total. The fourth-order valence-electron chi connectivity index (χ4n) is 2.57. The van der Waals surface area contributed by atoms with E-state index < -0.39 is 74.6 Å². The Bertz CT molecular complexity index is 378. The number of aliphatic hydroxyl groups is 8. The van der Waals surface area contributed by atoms with Gasteiger partial charge in [-0.3, -0.25) is 0 Å². The molecule has 11 heteroatoms. The van der Waals surface area contributed by atoms with Crippen LogP contribution in [-0.2, 0) is 14.2 Å². The molecule has 136 valence electrons. The number of aliphatic hydroxyl groups excluding tert-OH is 8. The molecule has 10 atom stereocenters. The molecule has 2 rings (SSSR count). The molecule has 2 fully saturated rings. The van der Waals surface area contributed by atoms with E-state index in [0.29, 0.717) is 0 Å². The van der Waals surface area contributed by atoms with Crippen LogP contribution in [0.25, 0.3) is 0 Å². The van der Waals surface area contributed by atoms with E-state index >= 15 is 0 Å². The minimum absolute atomic E-state index is 0.667. The highest BCUT2D eigenvalue weighted by atomic mass is 16.7. The van der Waals surface area contributed by atoms with Crippen molar-refractivity contribution in [3.63, 3.8) is 0 Å². The second-order valence-electron chi connectivity index (χ2n) is 5.53. The fraction of sp³-hybridized carbons (Fsp3) is 1.00. The van der Waals surface area contributed by atoms with Gasteiger partial charge in [0.2, 0.25) is 0 Å². The van der Waals surface area contributed by atoms with Gasteiger partial charge in [-0.1, -0.05) is 0 Å². The number of hydrogen-bond donors (Lipinski definition) is 8. The van der Waals surface area contributed by atoms with Gasteiger partial charge in [0, 0.05) is 0 Å². The first-order chi connectivity index (χ1) is 10.8. The molecule has 2 aliphatic rings. The summed E-state index contributed by atoms with van der Waals surface area (Å²) in [5.41, 5.74) is 0. The molecule has 0 bridgehead atoms. The van der Waals surface area contributed by atoms with Crippen LogP contribution < -0.4 is 0 Å². The van der Waals surface area contributed by atoms with Gasteiger partial charge in [-0.05, 0) is 0 Å². The minimum Gasteiger partial charge on any atom is -0.394 e. The molecule has 0 aromatic rings. The lowest BCUT2D eigenvalue weighted by Crippen LogP contribution is -2.64. The standard InChI is InChI=1S/C12H22O11/c13-1-3-5(15)6(16)9(19)12(22-3)23-10-4(2-14)21-11(20)8(18)7(10)17/h3-20H,1-2H2/t3-,4-,5-,6+,7-,8?,9?,10-,11+,12?/m1/s1. The number of ether oxygens (including phenoxy) is 3. The van der Waals surface area contributed by atoms with E-state index in [1.165, 1.54) is 0 Å². The van der Waals surface area contributed by atoms with E-state index in [-0.39, 0.29) is 0 Å². The van der Waals surface area contributed by atoms with Crippen molar-refractivity contribution in [2.75, 3.05) is 13.2 Å². The Morgan fingerprint density at radius 1 is 0.652 bits per heavy atom. The van der Waals surface area contributed by atoms with Crippen LogP contribution in [-0.4, -0.2) is 115 Å². The van der Waals surface area contributed by atoms with Crippen LogP contribution in [0.2, 0.25) is 0 Å². The summed E-state index contributed by atoms with van der Waals surface area (Å²) in [7, 11) is 0. The summed E-state index contributed by atoms with van der Waals surface area (Å²) >= 11 is 0. The monoisotopic (exact) mass is 342 g/mol. The van der Waals surface area contributed by atoms with E-state index in [2.05, 4.69) is 0 Å². The highest BCUT2D eigenvalue weighted by Gasteiger charge is 2.50. The molecule has 23 heavy (non-hydrogen) atoms. The van der Waals surface area contributed by atoms with E-state index in [0.717, 1.165) is 0 Å². The summed E-state index contributed by atoms with van der Waals surface area (Å²) in [5.74, 6) is 0. The van der Waals surface area contributed by atoms with E-state index in [1.807, 2.05) is 0 Å². The maximum Gasteiger partial charge on any atom is 0.187 e. The Kier molecular flexibility index (Phi) is 6.27. The summed E-state index contributed by atoms with van der Waals surface area (Å²) in [6.07, 6.45) is -15.6. The molecule has 0 saturated carbocycles. The van der Waals surface area contributed by atoms with Gasteiger partial charge in [-0.25, -0.2) is 0 Å². The molecule has 0 radical (unpaired) electrons. The molecule has 0 aromatic heterocycles. The summed E-state index contributed by atoms with van der Waals surface area (Å²) in [4.78, 5) is 0. The highest BCUT2D eigenvalue weighted by Crippen LogP contribution is 2.28. The number of hydrogen-bond acceptors (Lipinski definition) is 11. The van der Waals surface area contributed by atoms with Crippen molar-refractivity contribution < 1.29 is 55.1 Å². The predicted octanol–water partition coefficient (Wildman–Crippen LogP) is -5.40. The van der Waals surface area contributed by atoms with Gasteiger partial charge in [0.1, 0.15) is 48.8 Å². The van der Waals surface area contributed by atoms with Gasteiger partial charge < -0.3 is 55.1 Å². The lowest BCUT2D eigenvalue weighted by Gasteiger charge is -2.45. The molecule has 0 aliphatic carbocycles. The summed E-state index contributed by atoms with van der Waals surface area (Å²) in [6.45, 7) is -1.35. The Hall–Kier alpha value is -0.440. The van der Waals surface area contributed by atoms with Crippen LogP contribution in [0.15, 0.2) is 0 Å². The van der Waals surface area contributed by atoms with E-state index in [9.17, 15) is 35.7 Å². The van der Waals surface area contributed by atoms with Crippen LogP contribution in [0, 0.1) is 0 Å². The molecule has 11 nitrogen and oxygen atoms in total. The van der Waals surface area contributed by atoms with Gasteiger partial charge in [0.05, 0.1) is 13.2 Å². The van der Waals surface area contributed by atoms with Crippen molar-refractivity contribution in [3.8, 4) is 0 Å². The molecule has 0 aromatic carbocycles.